The van der Waals surface area contributed by atoms with E-state index in [-0.39, 0.29) is 6.61 Å². The second kappa shape index (κ2) is 4.83. The maximum Gasteiger partial charge on any atom is 0.312 e. The van der Waals surface area contributed by atoms with Crippen LogP contribution in [-0.4, -0.2) is 39.1 Å². The van der Waals surface area contributed by atoms with Crippen LogP contribution < -0.4 is 0 Å². The van der Waals surface area contributed by atoms with Gasteiger partial charge in [0.15, 0.2) is 0 Å². The summed E-state index contributed by atoms with van der Waals surface area (Å²) in [5, 5.41) is 13.5. The molecule has 0 spiro atoms. The van der Waals surface area contributed by atoms with Crippen molar-refractivity contribution in [3.8, 4) is 0 Å². The van der Waals surface area contributed by atoms with Gasteiger partial charge in [-0.05, 0) is 12.8 Å². The number of ether oxygens (including phenoxy) is 1. The van der Waals surface area contributed by atoms with Crippen LogP contribution in [-0.2, 0) is 22.5 Å². The second-order valence-electron chi connectivity index (χ2n) is 4.46. The van der Waals surface area contributed by atoms with Crippen molar-refractivity contribution in [1.29, 1.82) is 0 Å². The van der Waals surface area contributed by atoms with Gasteiger partial charge < -0.3 is 9.84 Å². The van der Waals surface area contributed by atoms with Crippen molar-refractivity contribution in [2.45, 2.75) is 32.7 Å². The highest BCUT2D eigenvalue weighted by molar-refractivity contribution is 5.75. The molecule has 2 rings (SSSR count). The number of hydrogen-bond acceptors (Lipinski definition) is 4. The number of aryl methyl sites for hydroxylation is 1. The largest absolute Gasteiger partial charge is 0.481 e. The van der Waals surface area contributed by atoms with Crippen molar-refractivity contribution in [2.24, 2.45) is 5.41 Å². The van der Waals surface area contributed by atoms with Gasteiger partial charge in [-0.15, -0.1) is 0 Å². The van der Waals surface area contributed by atoms with Crippen molar-refractivity contribution in [2.75, 3.05) is 13.2 Å². The molecule has 1 unspecified atom stereocenters. The molecular weight excluding hydrogens is 222 g/mol. The highest BCUT2D eigenvalue weighted by atomic mass is 16.5. The highest BCUT2D eigenvalue weighted by Crippen LogP contribution is 2.32. The van der Waals surface area contributed by atoms with E-state index in [2.05, 4.69) is 17.0 Å². The van der Waals surface area contributed by atoms with Gasteiger partial charge in [0.25, 0.3) is 0 Å². The zero-order chi connectivity index (χ0) is 12.3. The molecule has 0 amide bonds. The number of carboxylic acid groups (broad SMARTS) is 1. The highest BCUT2D eigenvalue weighted by Gasteiger charge is 2.43. The van der Waals surface area contributed by atoms with Crippen LogP contribution in [0.15, 0.2) is 6.33 Å². The van der Waals surface area contributed by atoms with Gasteiger partial charge in [-0.3, -0.25) is 9.48 Å². The molecule has 94 valence electrons. The van der Waals surface area contributed by atoms with Crippen LogP contribution in [0.3, 0.4) is 0 Å². The van der Waals surface area contributed by atoms with Gasteiger partial charge in [-0.2, -0.15) is 5.10 Å². The summed E-state index contributed by atoms with van der Waals surface area (Å²) in [5.41, 5.74) is -0.821. The fourth-order valence-corrected chi connectivity index (χ4v) is 2.12. The van der Waals surface area contributed by atoms with E-state index in [4.69, 9.17) is 4.74 Å². The third-order valence-electron chi connectivity index (χ3n) is 3.18. The lowest BCUT2D eigenvalue weighted by molar-refractivity contribution is -0.149. The minimum Gasteiger partial charge on any atom is -0.481 e. The van der Waals surface area contributed by atoms with E-state index in [0.717, 1.165) is 18.8 Å². The van der Waals surface area contributed by atoms with Crippen LogP contribution in [0.4, 0.5) is 0 Å². The summed E-state index contributed by atoms with van der Waals surface area (Å²) in [5.74, 6) is -0.0687. The number of aromatic nitrogens is 3. The topological polar surface area (TPSA) is 77.2 Å². The van der Waals surface area contributed by atoms with Gasteiger partial charge in [-0.1, -0.05) is 6.92 Å². The lowest BCUT2D eigenvalue weighted by Crippen LogP contribution is -2.35. The van der Waals surface area contributed by atoms with Gasteiger partial charge in [0.2, 0.25) is 0 Å². The molecule has 1 saturated heterocycles. The Bertz CT molecular complexity index is 396. The van der Waals surface area contributed by atoms with E-state index in [1.807, 2.05) is 0 Å². The number of aliphatic carboxylic acids is 1. The maximum atomic E-state index is 11.4. The average Bonchev–Trinajstić information content (AvgIpc) is 2.91. The number of rotatable bonds is 5. The summed E-state index contributed by atoms with van der Waals surface area (Å²) in [4.78, 5) is 15.5. The quantitative estimate of drug-likeness (QED) is 0.819. The van der Waals surface area contributed by atoms with E-state index in [9.17, 15) is 9.90 Å². The summed E-state index contributed by atoms with van der Waals surface area (Å²) in [7, 11) is 0. The normalized spacial score (nSPS) is 24.1. The molecule has 1 fully saturated rings. The standard InChI is InChI=1S/C11H17N3O3/c1-2-4-14-9(12-8-13-14)6-11(10(15)16)3-5-17-7-11/h8H,2-7H2,1H3,(H,15,16). The molecule has 0 aliphatic carbocycles. The molecule has 0 bridgehead atoms. The molecule has 1 aliphatic rings. The SMILES string of the molecule is CCCn1ncnc1CC1(C(=O)O)CCOC1. The third kappa shape index (κ3) is 2.31. The van der Waals surface area contributed by atoms with Gasteiger partial charge in [0.05, 0.1) is 6.61 Å². The van der Waals surface area contributed by atoms with Gasteiger partial charge in [0.1, 0.15) is 17.6 Å². The predicted octanol–water partition coefficient (Wildman–Crippen LogP) is 0.722. The van der Waals surface area contributed by atoms with E-state index in [0.29, 0.717) is 19.4 Å². The van der Waals surface area contributed by atoms with Crippen molar-refractivity contribution in [3.05, 3.63) is 12.2 Å². The molecular formula is C11H17N3O3. The van der Waals surface area contributed by atoms with Crippen LogP contribution in [0.25, 0.3) is 0 Å². The molecule has 0 aromatic carbocycles. The number of carbonyl (C=O) groups is 1. The molecule has 1 atom stereocenters. The van der Waals surface area contributed by atoms with E-state index < -0.39 is 11.4 Å². The van der Waals surface area contributed by atoms with Gasteiger partial charge in [-0.25, -0.2) is 4.98 Å². The number of hydrogen-bond donors (Lipinski definition) is 1. The van der Waals surface area contributed by atoms with Crippen LogP contribution in [0.2, 0.25) is 0 Å². The fourth-order valence-electron chi connectivity index (χ4n) is 2.12. The minimum absolute atomic E-state index is 0.265. The monoisotopic (exact) mass is 239 g/mol. The molecule has 1 aromatic rings. The molecule has 1 N–H and O–H groups in total. The average molecular weight is 239 g/mol. The van der Waals surface area contributed by atoms with Crippen molar-refractivity contribution in [3.63, 3.8) is 0 Å². The Balaban J connectivity index is 2.17. The summed E-state index contributed by atoms with van der Waals surface area (Å²) in [6, 6.07) is 0. The molecule has 2 heterocycles. The van der Waals surface area contributed by atoms with Crippen LogP contribution >= 0.6 is 0 Å². The Hall–Kier alpha value is -1.43. The first kappa shape index (κ1) is 12.0. The number of carboxylic acids is 1. The van der Waals surface area contributed by atoms with Gasteiger partial charge in [0, 0.05) is 19.6 Å². The molecule has 0 radical (unpaired) electrons. The predicted molar refractivity (Wildman–Crippen MR) is 59.5 cm³/mol. The minimum atomic E-state index is -0.821. The summed E-state index contributed by atoms with van der Waals surface area (Å²) in [6.45, 7) is 3.60. The van der Waals surface area contributed by atoms with E-state index in [1.165, 1.54) is 6.33 Å². The van der Waals surface area contributed by atoms with Crippen LogP contribution in [0, 0.1) is 5.41 Å². The lowest BCUT2D eigenvalue weighted by Gasteiger charge is -2.21. The maximum absolute atomic E-state index is 11.4. The van der Waals surface area contributed by atoms with Crippen LogP contribution in [0.5, 0.6) is 0 Å². The zero-order valence-corrected chi connectivity index (χ0v) is 9.93. The Labute approximate surface area is 99.6 Å². The van der Waals surface area contributed by atoms with Crippen molar-refractivity contribution in [1.82, 2.24) is 14.8 Å². The first-order chi connectivity index (χ1) is 8.18. The Morgan fingerprint density at radius 1 is 1.71 bits per heavy atom. The second-order valence-corrected chi connectivity index (χ2v) is 4.46. The molecule has 0 saturated carbocycles. The van der Waals surface area contributed by atoms with E-state index >= 15 is 0 Å². The zero-order valence-electron chi connectivity index (χ0n) is 9.93. The first-order valence-corrected chi connectivity index (χ1v) is 5.86. The Kier molecular flexibility index (Phi) is 3.42. The summed E-state index contributed by atoms with van der Waals surface area (Å²) < 4.78 is 7.01. The first-order valence-electron chi connectivity index (χ1n) is 5.86. The molecule has 17 heavy (non-hydrogen) atoms. The summed E-state index contributed by atoms with van der Waals surface area (Å²) in [6.07, 6.45) is 3.37. The molecule has 1 aromatic heterocycles. The summed E-state index contributed by atoms with van der Waals surface area (Å²) >= 11 is 0. The lowest BCUT2D eigenvalue weighted by atomic mass is 9.83. The smallest absolute Gasteiger partial charge is 0.312 e. The third-order valence-corrected chi connectivity index (χ3v) is 3.18. The fraction of sp³-hybridized carbons (Fsp3) is 0.727. The molecule has 6 heteroatoms. The Morgan fingerprint density at radius 3 is 3.12 bits per heavy atom. The van der Waals surface area contributed by atoms with Gasteiger partial charge >= 0.3 is 5.97 Å². The number of nitrogens with zero attached hydrogens (tertiary/aromatic N) is 3. The van der Waals surface area contributed by atoms with Crippen LogP contribution in [0.1, 0.15) is 25.6 Å². The van der Waals surface area contributed by atoms with Crippen molar-refractivity contribution < 1.29 is 14.6 Å². The molecule has 6 nitrogen and oxygen atoms in total. The van der Waals surface area contributed by atoms with Crippen molar-refractivity contribution >= 4 is 5.97 Å². The molecule has 1 aliphatic heterocycles. The van der Waals surface area contributed by atoms with E-state index in [1.54, 1.807) is 4.68 Å². The Morgan fingerprint density at radius 2 is 2.53 bits per heavy atom.